The number of nitrogens with one attached hydrogen (secondary N) is 1. The fourth-order valence-corrected chi connectivity index (χ4v) is 2.31. The van der Waals surface area contributed by atoms with Crippen LogP contribution >= 0.6 is 0 Å². The number of rotatable bonds is 6. The lowest BCUT2D eigenvalue weighted by Gasteiger charge is -2.24. The summed E-state index contributed by atoms with van der Waals surface area (Å²) in [7, 11) is 0. The Labute approximate surface area is 113 Å². The van der Waals surface area contributed by atoms with Crippen LogP contribution < -0.4 is 10.9 Å². The molecule has 0 aliphatic heterocycles. The lowest BCUT2D eigenvalue weighted by Crippen LogP contribution is -2.41. The van der Waals surface area contributed by atoms with E-state index in [2.05, 4.69) is 31.2 Å². The molecule has 104 valence electrons. The van der Waals surface area contributed by atoms with E-state index in [4.69, 9.17) is 0 Å². The second-order valence-electron chi connectivity index (χ2n) is 4.97. The van der Waals surface area contributed by atoms with Crippen LogP contribution in [0.3, 0.4) is 0 Å². The number of aromatic nitrogens is 3. The summed E-state index contributed by atoms with van der Waals surface area (Å²) >= 11 is 0. The van der Waals surface area contributed by atoms with Gasteiger partial charge in [0.2, 0.25) is 0 Å². The molecular weight excluding hydrogens is 240 g/mol. The lowest BCUT2D eigenvalue weighted by atomic mass is 9.99. The molecule has 2 unspecified atom stereocenters. The van der Waals surface area contributed by atoms with Gasteiger partial charge in [0.05, 0.1) is 6.20 Å². The SMILES string of the molecule is CCNC(Cn1ccn2nccc2c1=O)C(C)CC. The normalized spacial score (nSPS) is 14.7. The Kier molecular flexibility index (Phi) is 4.37. The average molecular weight is 262 g/mol. The lowest BCUT2D eigenvalue weighted by molar-refractivity contribution is 0.331. The van der Waals surface area contributed by atoms with Gasteiger partial charge < -0.3 is 9.88 Å². The van der Waals surface area contributed by atoms with Crippen molar-refractivity contribution < 1.29 is 0 Å². The van der Waals surface area contributed by atoms with Gasteiger partial charge in [-0.05, 0) is 18.5 Å². The van der Waals surface area contributed by atoms with Gasteiger partial charge in [-0.15, -0.1) is 0 Å². The minimum absolute atomic E-state index is 0.0196. The molecule has 5 nitrogen and oxygen atoms in total. The van der Waals surface area contributed by atoms with E-state index in [1.807, 2.05) is 12.4 Å². The van der Waals surface area contributed by atoms with Crippen molar-refractivity contribution in [2.75, 3.05) is 6.54 Å². The van der Waals surface area contributed by atoms with Gasteiger partial charge in [0.15, 0.2) is 0 Å². The smallest absolute Gasteiger partial charge is 0.276 e. The topological polar surface area (TPSA) is 51.3 Å². The van der Waals surface area contributed by atoms with E-state index in [0.717, 1.165) is 13.0 Å². The van der Waals surface area contributed by atoms with Gasteiger partial charge in [-0.1, -0.05) is 27.2 Å². The molecule has 0 radical (unpaired) electrons. The van der Waals surface area contributed by atoms with Crippen molar-refractivity contribution in [1.29, 1.82) is 0 Å². The van der Waals surface area contributed by atoms with Gasteiger partial charge in [-0.25, -0.2) is 4.52 Å². The fourth-order valence-electron chi connectivity index (χ4n) is 2.31. The second-order valence-corrected chi connectivity index (χ2v) is 4.97. The first-order chi connectivity index (χ1) is 9.17. The van der Waals surface area contributed by atoms with Crippen LogP contribution in [-0.4, -0.2) is 26.8 Å². The van der Waals surface area contributed by atoms with E-state index >= 15 is 0 Å². The largest absolute Gasteiger partial charge is 0.312 e. The Hall–Kier alpha value is -1.62. The van der Waals surface area contributed by atoms with Gasteiger partial charge in [-0.2, -0.15) is 5.10 Å². The van der Waals surface area contributed by atoms with Crippen LogP contribution in [0.25, 0.3) is 5.52 Å². The minimum atomic E-state index is 0.0196. The van der Waals surface area contributed by atoms with E-state index in [9.17, 15) is 4.79 Å². The molecular formula is C14H22N4O. The van der Waals surface area contributed by atoms with Crippen LogP contribution in [0, 0.1) is 5.92 Å². The summed E-state index contributed by atoms with van der Waals surface area (Å²) in [6.45, 7) is 8.11. The molecule has 2 aromatic heterocycles. The highest BCUT2D eigenvalue weighted by Gasteiger charge is 2.16. The van der Waals surface area contributed by atoms with Crippen LogP contribution in [0.5, 0.6) is 0 Å². The molecule has 0 fully saturated rings. The first-order valence-corrected chi connectivity index (χ1v) is 6.93. The zero-order valence-corrected chi connectivity index (χ0v) is 11.8. The molecule has 5 heteroatoms. The van der Waals surface area contributed by atoms with Gasteiger partial charge in [-0.3, -0.25) is 4.79 Å². The molecule has 0 aliphatic carbocycles. The summed E-state index contributed by atoms with van der Waals surface area (Å²) in [6, 6.07) is 2.07. The molecule has 0 aromatic carbocycles. The Bertz CT molecular complexity index is 586. The molecule has 0 aliphatic rings. The van der Waals surface area contributed by atoms with Crippen molar-refractivity contribution in [1.82, 2.24) is 19.5 Å². The van der Waals surface area contributed by atoms with E-state index < -0.39 is 0 Å². The van der Waals surface area contributed by atoms with Crippen molar-refractivity contribution in [2.45, 2.75) is 39.8 Å². The highest BCUT2D eigenvalue weighted by atomic mass is 16.1. The van der Waals surface area contributed by atoms with Crippen LogP contribution in [0.4, 0.5) is 0 Å². The van der Waals surface area contributed by atoms with Crippen molar-refractivity contribution >= 4 is 5.52 Å². The summed E-state index contributed by atoms with van der Waals surface area (Å²) in [5.74, 6) is 0.535. The maximum absolute atomic E-state index is 12.3. The van der Waals surface area contributed by atoms with Gasteiger partial charge in [0.25, 0.3) is 5.56 Å². The number of fused-ring (bicyclic) bond motifs is 1. The number of nitrogens with zero attached hydrogens (tertiary/aromatic N) is 3. The second kappa shape index (κ2) is 6.02. The molecule has 19 heavy (non-hydrogen) atoms. The highest BCUT2D eigenvalue weighted by molar-refractivity contribution is 5.42. The summed E-state index contributed by atoms with van der Waals surface area (Å²) in [4.78, 5) is 12.3. The molecule has 0 bridgehead atoms. The molecule has 0 spiro atoms. The predicted octanol–water partition coefficient (Wildman–Crippen LogP) is 1.52. The van der Waals surface area contributed by atoms with E-state index in [1.165, 1.54) is 0 Å². The van der Waals surface area contributed by atoms with Crippen molar-refractivity contribution in [3.63, 3.8) is 0 Å². The zero-order chi connectivity index (χ0) is 13.8. The Morgan fingerprint density at radius 1 is 1.37 bits per heavy atom. The molecule has 2 atom stereocenters. The van der Waals surface area contributed by atoms with Gasteiger partial charge in [0, 0.05) is 25.0 Å². The summed E-state index contributed by atoms with van der Waals surface area (Å²) < 4.78 is 3.39. The standard InChI is InChI=1S/C14H22N4O/c1-4-11(3)12(15-5-2)10-17-8-9-18-13(14(17)19)6-7-16-18/h6-9,11-12,15H,4-5,10H2,1-3H3. The number of hydrogen-bond donors (Lipinski definition) is 1. The van der Waals surface area contributed by atoms with Crippen molar-refractivity contribution in [2.24, 2.45) is 5.92 Å². The van der Waals surface area contributed by atoms with E-state index in [1.54, 1.807) is 21.3 Å². The first kappa shape index (κ1) is 13.8. The van der Waals surface area contributed by atoms with Crippen LogP contribution in [0.1, 0.15) is 27.2 Å². The molecule has 0 amide bonds. The van der Waals surface area contributed by atoms with Crippen molar-refractivity contribution in [3.05, 3.63) is 35.0 Å². The molecule has 0 saturated carbocycles. The van der Waals surface area contributed by atoms with E-state index in [-0.39, 0.29) is 5.56 Å². The maximum atomic E-state index is 12.3. The Morgan fingerprint density at radius 2 is 2.16 bits per heavy atom. The minimum Gasteiger partial charge on any atom is -0.312 e. The van der Waals surface area contributed by atoms with E-state index in [0.29, 0.717) is 24.0 Å². The maximum Gasteiger partial charge on any atom is 0.276 e. The predicted molar refractivity (Wildman–Crippen MR) is 76.4 cm³/mol. The highest BCUT2D eigenvalue weighted by Crippen LogP contribution is 2.09. The summed E-state index contributed by atoms with van der Waals surface area (Å²) in [6.07, 6.45) is 6.39. The summed E-state index contributed by atoms with van der Waals surface area (Å²) in [5, 5.41) is 7.54. The fraction of sp³-hybridized carbons (Fsp3) is 0.571. The Balaban J connectivity index is 2.28. The average Bonchev–Trinajstić information content (AvgIpc) is 2.89. The van der Waals surface area contributed by atoms with Crippen LogP contribution in [0.15, 0.2) is 29.5 Å². The summed E-state index contributed by atoms with van der Waals surface area (Å²) in [5.41, 5.74) is 0.646. The molecule has 2 rings (SSSR count). The molecule has 2 heterocycles. The van der Waals surface area contributed by atoms with Crippen molar-refractivity contribution in [3.8, 4) is 0 Å². The molecule has 2 aromatic rings. The van der Waals surface area contributed by atoms with Crippen LogP contribution in [-0.2, 0) is 6.54 Å². The number of likely N-dealkylation sites (N-methyl/N-ethyl adjacent to an activating group) is 1. The quantitative estimate of drug-likeness (QED) is 0.858. The van der Waals surface area contributed by atoms with Crippen LogP contribution in [0.2, 0.25) is 0 Å². The third kappa shape index (κ3) is 2.87. The zero-order valence-electron chi connectivity index (χ0n) is 11.8. The molecule has 1 N–H and O–H groups in total. The first-order valence-electron chi connectivity index (χ1n) is 6.93. The number of hydrogen-bond acceptors (Lipinski definition) is 3. The van der Waals surface area contributed by atoms with Gasteiger partial charge in [0.1, 0.15) is 5.52 Å². The monoisotopic (exact) mass is 262 g/mol. The molecule has 0 saturated heterocycles. The third-order valence-corrected chi connectivity index (χ3v) is 3.73. The third-order valence-electron chi connectivity index (χ3n) is 3.73. The Morgan fingerprint density at radius 3 is 2.84 bits per heavy atom. The van der Waals surface area contributed by atoms with Gasteiger partial charge >= 0.3 is 0 Å².